The zero-order valence-corrected chi connectivity index (χ0v) is 12.1. The van der Waals surface area contributed by atoms with E-state index in [1.807, 2.05) is 0 Å². The summed E-state index contributed by atoms with van der Waals surface area (Å²) in [5, 5.41) is 2.93. The molecule has 0 aliphatic carbocycles. The summed E-state index contributed by atoms with van der Waals surface area (Å²) in [6.45, 7) is 4.87. The molecule has 1 rings (SSSR count). The Balaban J connectivity index is 2.26. The van der Waals surface area contributed by atoms with Crippen LogP contribution in [0.1, 0.15) is 30.9 Å². The van der Waals surface area contributed by atoms with Gasteiger partial charge in [-0.25, -0.2) is 0 Å². The highest BCUT2D eigenvalue weighted by atomic mass is 79.9. The zero-order chi connectivity index (χ0) is 12.7. The van der Waals surface area contributed by atoms with Crippen molar-refractivity contribution in [1.82, 2.24) is 5.32 Å². The average Bonchev–Trinajstić information content (AvgIpc) is 2.35. The Hall–Kier alpha value is -0.830. The summed E-state index contributed by atoms with van der Waals surface area (Å²) in [7, 11) is 0. The van der Waals surface area contributed by atoms with E-state index in [1.54, 1.807) is 0 Å². The highest BCUT2D eigenvalue weighted by molar-refractivity contribution is 9.09. The lowest BCUT2D eigenvalue weighted by Gasteiger charge is -2.08. The van der Waals surface area contributed by atoms with Crippen molar-refractivity contribution in [3.8, 4) is 0 Å². The predicted octanol–water partition coefficient (Wildman–Crippen LogP) is 3.22. The first-order chi connectivity index (χ1) is 8.11. The minimum absolute atomic E-state index is 0.128. The molecule has 1 aromatic rings. The molecular weight excluding hydrogens is 278 g/mol. The first kappa shape index (κ1) is 14.2. The van der Waals surface area contributed by atoms with Crippen molar-refractivity contribution in [3.63, 3.8) is 0 Å². The van der Waals surface area contributed by atoms with E-state index < -0.39 is 0 Å². The van der Waals surface area contributed by atoms with Crippen molar-refractivity contribution in [3.05, 3.63) is 35.4 Å². The molecule has 0 aliphatic rings. The first-order valence-electron chi connectivity index (χ1n) is 6.08. The third-order valence-corrected chi connectivity index (χ3v) is 3.70. The van der Waals surface area contributed by atoms with Crippen molar-refractivity contribution in [2.24, 2.45) is 0 Å². The van der Waals surface area contributed by atoms with Crippen LogP contribution in [0.25, 0.3) is 0 Å². The van der Waals surface area contributed by atoms with Crippen LogP contribution in [0.15, 0.2) is 24.3 Å². The summed E-state index contributed by atoms with van der Waals surface area (Å²) in [5.41, 5.74) is 2.47. The monoisotopic (exact) mass is 297 g/mol. The number of halogens is 1. The quantitative estimate of drug-likeness (QED) is 0.803. The van der Waals surface area contributed by atoms with Crippen LogP contribution in [0.3, 0.4) is 0 Å². The van der Waals surface area contributed by atoms with Crippen LogP contribution in [0.4, 0.5) is 0 Å². The average molecular weight is 298 g/mol. The lowest BCUT2D eigenvalue weighted by molar-refractivity contribution is -0.121. The van der Waals surface area contributed by atoms with E-state index in [4.69, 9.17) is 0 Å². The Labute approximate surface area is 112 Å². The molecule has 0 spiro atoms. The largest absolute Gasteiger partial charge is 0.355 e. The molecule has 0 heterocycles. The summed E-state index contributed by atoms with van der Waals surface area (Å²) in [4.78, 5) is 12.0. The molecular formula is C14H20BrNO. The van der Waals surface area contributed by atoms with Crippen LogP contribution in [-0.2, 0) is 11.2 Å². The summed E-state index contributed by atoms with van der Waals surface area (Å²) in [6, 6.07) is 8.33. The Kier molecular flexibility index (Phi) is 6.27. The topological polar surface area (TPSA) is 29.1 Å². The van der Waals surface area contributed by atoms with Gasteiger partial charge in [0.05, 0.1) is 0 Å². The van der Waals surface area contributed by atoms with Crippen molar-refractivity contribution in [2.45, 2.75) is 37.9 Å². The second kappa shape index (κ2) is 7.49. The number of nitrogens with one attached hydrogen (secondary N) is 1. The fraction of sp³-hybridized carbons (Fsp3) is 0.500. The molecule has 0 saturated heterocycles. The van der Waals surface area contributed by atoms with E-state index >= 15 is 0 Å². The second-order valence-corrected chi connectivity index (χ2v) is 5.59. The highest BCUT2D eigenvalue weighted by Gasteiger charge is 2.05. The van der Waals surface area contributed by atoms with Gasteiger partial charge in [0.25, 0.3) is 0 Å². The molecule has 1 amide bonds. The molecule has 3 heteroatoms. The van der Waals surface area contributed by atoms with Crippen LogP contribution < -0.4 is 5.32 Å². The lowest BCUT2D eigenvalue weighted by Crippen LogP contribution is -2.29. The van der Waals surface area contributed by atoms with Gasteiger partial charge in [0, 0.05) is 17.8 Å². The van der Waals surface area contributed by atoms with E-state index in [9.17, 15) is 4.79 Å². The molecule has 1 unspecified atom stereocenters. The lowest BCUT2D eigenvalue weighted by atomic mass is 10.1. The second-order valence-electron chi connectivity index (χ2n) is 4.30. The summed E-state index contributed by atoms with van der Waals surface area (Å²) < 4.78 is 0. The van der Waals surface area contributed by atoms with Gasteiger partial charge in [0.2, 0.25) is 5.91 Å². The van der Waals surface area contributed by atoms with Crippen molar-refractivity contribution in [2.75, 3.05) is 6.54 Å². The Morgan fingerprint density at radius 2 is 2.00 bits per heavy atom. The maximum Gasteiger partial charge on any atom is 0.220 e. The van der Waals surface area contributed by atoms with Crippen molar-refractivity contribution < 1.29 is 4.79 Å². The number of hydrogen-bond donors (Lipinski definition) is 1. The molecule has 0 aliphatic heterocycles. The van der Waals surface area contributed by atoms with Crippen LogP contribution in [-0.4, -0.2) is 17.3 Å². The minimum atomic E-state index is 0.128. The number of benzene rings is 1. The third kappa shape index (κ3) is 5.87. The smallest absolute Gasteiger partial charge is 0.220 e. The Bertz CT molecular complexity index is 348. The number of carbonyl (C=O) groups is 1. The normalized spacial score (nSPS) is 12.2. The van der Waals surface area contributed by atoms with Gasteiger partial charge in [-0.1, -0.05) is 52.7 Å². The van der Waals surface area contributed by atoms with Crippen LogP contribution in [0.5, 0.6) is 0 Å². The number of rotatable bonds is 6. The number of carbonyl (C=O) groups excluding carboxylic acids is 1. The molecule has 94 valence electrons. The third-order valence-electron chi connectivity index (χ3n) is 2.73. The van der Waals surface area contributed by atoms with Crippen molar-refractivity contribution in [1.29, 1.82) is 0 Å². The minimum Gasteiger partial charge on any atom is -0.355 e. The van der Waals surface area contributed by atoms with Gasteiger partial charge in [-0.2, -0.15) is 0 Å². The van der Waals surface area contributed by atoms with E-state index in [-0.39, 0.29) is 5.91 Å². The Morgan fingerprint density at radius 1 is 1.35 bits per heavy atom. The van der Waals surface area contributed by atoms with Gasteiger partial charge in [-0.05, 0) is 25.3 Å². The molecule has 0 fully saturated rings. The van der Waals surface area contributed by atoms with Gasteiger partial charge >= 0.3 is 0 Å². The fourth-order valence-corrected chi connectivity index (χ4v) is 1.63. The summed E-state index contributed by atoms with van der Waals surface area (Å²) >= 11 is 3.49. The van der Waals surface area contributed by atoms with Gasteiger partial charge in [-0.3, -0.25) is 4.79 Å². The molecule has 1 atom stereocenters. The number of amides is 1. The van der Waals surface area contributed by atoms with Crippen LogP contribution in [0, 0.1) is 6.92 Å². The number of hydrogen-bond acceptors (Lipinski definition) is 1. The van der Waals surface area contributed by atoms with E-state index in [0.717, 1.165) is 12.8 Å². The standard InChI is InChI=1S/C14H20BrNO/c1-3-13(15)10-16-14(17)9-8-12-6-4-11(2)5-7-12/h4-7,13H,3,8-10H2,1-2H3,(H,16,17). The van der Waals surface area contributed by atoms with Gasteiger partial charge in [0.15, 0.2) is 0 Å². The zero-order valence-electron chi connectivity index (χ0n) is 10.5. The molecule has 0 radical (unpaired) electrons. The molecule has 17 heavy (non-hydrogen) atoms. The molecule has 2 nitrogen and oxygen atoms in total. The molecule has 0 aromatic heterocycles. The maximum absolute atomic E-state index is 11.6. The predicted molar refractivity (Wildman–Crippen MR) is 75.5 cm³/mol. The molecule has 1 N–H and O–H groups in total. The van der Waals surface area contributed by atoms with Crippen LogP contribution >= 0.6 is 15.9 Å². The van der Waals surface area contributed by atoms with Crippen LogP contribution in [0.2, 0.25) is 0 Å². The van der Waals surface area contributed by atoms with E-state index in [0.29, 0.717) is 17.8 Å². The molecule has 0 bridgehead atoms. The van der Waals surface area contributed by atoms with Gasteiger partial charge in [0.1, 0.15) is 0 Å². The summed E-state index contributed by atoms with van der Waals surface area (Å²) in [6.07, 6.45) is 2.40. The SMILES string of the molecule is CCC(Br)CNC(=O)CCc1ccc(C)cc1. The number of aryl methyl sites for hydroxylation is 2. The van der Waals surface area contributed by atoms with Crippen molar-refractivity contribution >= 4 is 21.8 Å². The highest BCUT2D eigenvalue weighted by Crippen LogP contribution is 2.06. The van der Waals surface area contributed by atoms with Gasteiger partial charge in [-0.15, -0.1) is 0 Å². The van der Waals surface area contributed by atoms with E-state index in [2.05, 4.69) is 59.4 Å². The Morgan fingerprint density at radius 3 is 2.59 bits per heavy atom. The van der Waals surface area contributed by atoms with Gasteiger partial charge < -0.3 is 5.32 Å². The summed E-state index contributed by atoms with van der Waals surface area (Å²) in [5.74, 6) is 0.128. The molecule has 0 saturated carbocycles. The number of alkyl halides is 1. The first-order valence-corrected chi connectivity index (χ1v) is 6.99. The molecule has 1 aromatic carbocycles. The van der Waals surface area contributed by atoms with E-state index in [1.165, 1.54) is 11.1 Å². The maximum atomic E-state index is 11.6. The fourth-order valence-electron chi connectivity index (χ4n) is 1.47.